The van der Waals surface area contributed by atoms with Gasteiger partial charge in [-0.05, 0) is 12.2 Å². The van der Waals surface area contributed by atoms with Crippen LogP contribution in [0.15, 0.2) is 0 Å². The van der Waals surface area contributed by atoms with Gasteiger partial charge in [-0.2, -0.15) is 0 Å². The van der Waals surface area contributed by atoms with Gasteiger partial charge in [0.25, 0.3) is 0 Å². The zero-order valence-electron chi connectivity index (χ0n) is 4.62. The van der Waals surface area contributed by atoms with E-state index >= 15 is 0 Å². The predicted octanol–water partition coefficient (Wildman–Crippen LogP) is -1.47. The Hall–Kier alpha value is 0.508. The summed E-state index contributed by atoms with van der Waals surface area (Å²) in [6, 6.07) is 0. The van der Waals surface area contributed by atoms with Crippen molar-refractivity contribution in [1.29, 1.82) is 0 Å². The van der Waals surface area contributed by atoms with E-state index < -0.39 is 0 Å². The Kier molecular flexibility index (Phi) is 9.75. The minimum atomic E-state index is 0. The van der Waals surface area contributed by atoms with Crippen LogP contribution in [0.3, 0.4) is 0 Å². The van der Waals surface area contributed by atoms with Crippen LogP contribution in [0.1, 0.15) is 0 Å². The van der Waals surface area contributed by atoms with Gasteiger partial charge in [-0.25, -0.2) is 0 Å². The van der Waals surface area contributed by atoms with E-state index in [2.05, 4.69) is 22.9 Å². The first-order chi connectivity index (χ1) is 2.81. The molecule has 0 fully saturated rings. The Labute approximate surface area is 66.5 Å². The Morgan fingerprint density at radius 2 is 1.57 bits per heavy atom. The maximum absolute atomic E-state index is 4.63. The van der Waals surface area contributed by atoms with Gasteiger partial charge < -0.3 is 10.6 Å². The molecule has 0 amide bonds. The summed E-state index contributed by atoms with van der Waals surface area (Å²) in [4.78, 5) is 0. The molecule has 0 atom stereocenters. The van der Waals surface area contributed by atoms with Crippen molar-refractivity contribution in [2.24, 2.45) is 0 Å². The molecule has 4 heteroatoms. The summed E-state index contributed by atoms with van der Waals surface area (Å²) >= 11 is 4.63. The molecular formula is C3H11N2SSb. The number of nitrogens with one attached hydrogen (secondary N) is 2. The summed E-state index contributed by atoms with van der Waals surface area (Å²) in [5.41, 5.74) is 0. The van der Waals surface area contributed by atoms with Gasteiger partial charge in [0.1, 0.15) is 0 Å². The van der Waals surface area contributed by atoms with Crippen molar-refractivity contribution in [3.05, 3.63) is 0 Å². The SMILES string of the molecule is CNC(=S)NC.[SbH3]. The Morgan fingerprint density at radius 3 is 1.57 bits per heavy atom. The molecule has 0 aliphatic heterocycles. The second kappa shape index (κ2) is 6.51. The molecule has 0 radical (unpaired) electrons. The number of hydrogen-bond donors (Lipinski definition) is 2. The molecule has 0 bridgehead atoms. The monoisotopic (exact) mass is 228 g/mol. The molecule has 2 nitrogen and oxygen atoms in total. The maximum atomic E-state index is 4.63. The van der Waals surface area contributed by atoms with Crippen LogP contribution in [0.2, 0.25) is 0 Å². The van der Waals surface area contributed by atoms with Crippen LogP contribution in [0.5, 0.6) is 0 Å². The fourth-order valence-corrected chi connectivity index (χ4v) is 0.125. The van der Waals surface area contributed by atoms with Gasteiger partial charge in [0.05, 0.1) is 0 Å². The molecule has 0 aromatic heterocycles. The van der Waals surface area contributed by atoms with E-state index in [1.54, 1.807) is 14.1 Å². The van der Waals surface area contributed by atoms with Gasteiger partial charge >= 0.3 is 24.4 Å². The molecule has 0 aliphatic carbocycles. The molecule has 0 aliphatic rings. The molecule has 0 rings (SSSR count). The van der Waals surface area contributed by atoms with Crippen molar-refractivity contribution < 1.29 is 0 Å². The molecule has 0 aromatic rings. The topological polar surface area (TPSA) is 24.1 Å². The molecule has 0 saturated carbocycles. The van der Waals surface area contributed by atoms with E-state index in [1.807, 2.05) is 0 Å². The number of rotatable bonds is 0. The van der Waals surface area contributed by atoms with Crippen molar-refractivity contribution in [2.75, 3.05) is 14.1 Å². The van der Waals surface area contributed by atoms with Crippen LogP contribution in [0, 0.1) is 0 Å². The van der Waals surface area contributed by atoms with E-state index in [9.17, 15) is 0 Å². The van der Waals surface area contributed by atoms with Crippen LogP contribution < -0.4 is 10.6 Å². The molecule has 2 N–H and O–H groups in total. The Morgan fingerprint density at radius 1 is 1.29 bits per heavy atom. The van der Waals surface area contributed by atoms with Gasteiger partial charge in [0, 0.05) is 14.1 Å². The molecule has 0 saturated heterocycles. The van der Waals surface area contributed by atoms with Crippen molar-refractivity contribution in [3.63, 3.8) is 0 Å². The third kappa shape index (κ3) is 6.51. The second-order valence-corrected chi connectivity index (χ2v) is 1.24. The average Bonchev–Trinajstić information content (AvgIpc) is 1.65. The molecule has 7 heavy (non-hydrogen) atoms. The van der Waals surface area contributed by atoms with E-state index in [4.69, 9.17) is 0 Å². The molecular weight excluding hydrogens is 218 g/mol. The van der Waals surface area contributed by atoms with Crippen LogP contribution in [0.25, 0.3) is 0 Å². The standard InChI is InChI=1S/C3H8N2S.Sb.3H/c1-4-3(6)5-2;;;;/h1-2H3,(H2,4,5,6);;;;. The van der Waals surface area contributed by atoms with E-state index in [0.717, 1.165) is 0 Å². The fourth-order valence-electron chi connectivity index (χ4n) is 0.125. The Balaban J connectivity index is 0. The normalized spacial score (nSPS) is 6.00. The fraction of sp³-hybridized carbons (Fsp3) is 0.667. The first kappa shape index (κ1) is 10.5. The van der Waals surface area contributed by atoms with Crippen LogP contribution in [0.4, 0.5) is 0 Å². The van der Waals surface area contributed by atoms with Crippen molar-refractivity contribution in [2.45, 2.75) is 0 Å². The molecule has 0 heterocycles. The molecule has 44 valence electrons. The minimum absolute atomic E-state index is 0. The third-order valence-corrected chi connectivity index (χ3v) is 0.862. The summed E-state index contributed by atoms with van der Waals surface area (Å²) in [5.74, 6) is 0. The van der Waals surface area contributed by atoms with Gasteiger partial charge in [0.15, 0.2) is 5.11 Å². The summed E-state index contributed by atoms with van der Waals surface area (Å²) in [5, 5.41) is 6.15. The van der Waals surface area contributed by atoms with E-state index in [1.165, 1.54) is 0 Å². The number of hydrogen-bond acceptors (Lipinski definition) is 1. The summed E-state index contributed by atoms with van der Waals surface area (Å²) in [6.07, 6.45) is 0. The van der Waals surface area contributed by atoms with Gasteiger partial charge in [-0.15, -0.1) is 0 Å². The van der Waals surface area contributed by atoms with Crippen molar-refractivity contribution in [3.8, 4) is 0 Å². The molecule has 0 aromatic carbocycles. The van der Waals surface area contributed by atoms with Crippen LogP contribution in [-0.4, -0.2) is 43.6 Å². The average molecular weight is 229 g/mol. The third-order valence-electron chi connectivity index (χ3n) is 0.454. The van der Waals surface area contributed by atoms with E-state index in [-0.39, 0.29) is 24.4 Å². The van der Waals surface area contributed by atoms with Gasteiger partial charge in [-0.1, -0.05) is 0 Å². The summed E-state index contributed by atoms with van der Waals surface area (Å²) in [6.45, 7) is 0. The van der Waals surface area contributed by atoms with Crippen LogP contribution >= 0.6 is 12.2 Å². The van der Waals surface area contributed by atoms with Crippen molar-refractivity contribution >= 4 is 41.8 Å². The van der Waals surface area contributed by atoms with E-state index in [0.29, 0.717) is 5.11 Å². The quantitative estimate of drug-likeness (QED) is 0.391. The van der Waals surface area contributed by atoms with Gasteiger partial charge in [-0.3, -0.25) is 0 Å². The molecule has 0 unspecified atom stereocenters. The zero-order chi connectivity index (χ0) is 4.99. The zero-order valence-corrected chi connectivity index (χ0v) is 9.47. The first-order valence-electron chi connectivity index (χ1n) is 1.70. The second-order valence-electron chi connectivity index (χ2n) is 0.829. The molecule has 0 spiro atoms. The number of thiocarbonyl (C=S) groups is 1. The Bertz CT molecular complexity index is 50.9. The first-order valence-corrected chi connectivity index (χ1v) is 2.11. The van der Waals surface area contributed by atoms with Crippen molar-refractivity contribution in [1.82, 2.24) is 10.6 Å². The van der Waals surface area contributed by atoms with Crippen LogP contribution in [-0.2, 0) is 0 Å². The summed E-state index contributed by atoms with van der Waals surface area (Å²) in [7, 11) is 3.55. The summed E-state index contributed by atoms with van der Waals surface area (Å²) < 4.78 is 0. The van der Waals surface area contributed by atoms with Gasteiger partial charge in [0.2, 0.25) is 0 Å². The predicted molar refractivity (Wildman–Crippen MR) is 40.7 cm³/mol.